The minimum absolute atomic E-state index is 0. The maximum Gasteiger partial charge on any atom is 0.333 e. The molecule has 9 nitrogen and oxygen atoms in total. The van der Waals surface area contributed by atoms with Crippen LogP contribution in [0.4, 0.5) is 0 Å². The van der Waals surface area contributed by atoms with Gasteiger partial charge in [0.1, 0.15) is 31.0 Å². The Hall–Kier alpha value is -1.43. The van der Waals surface area contributed by atoms with E-state index in [1.54, 1.807) is 0 Å². The number of ether oxygens (including phenoxy) is 3. The minimum atomic E-state index is -4.33. The van der Waals surface area contributed by atoms with E-state index in [1.807, 2.05) is 6.92 Å². The van der Waals surface area contributed by atoms with Crippen molar-refractivity contribution in [3.63, 3.8) is 0 Å². The van der Waals surface area contributed by atoms with Crippen molar-refractivity contribution in [2.75, 3.05) is 25.6 Å². The summed E-state index contributed by atoms with van der Waals surface area (Å²) in [7, 11) is -4.33. The van der Waals surface area contributed by atoms with Crippen molar-refractivity contribution in [1.29, 1.82) is 0 Å². The summed E-state index contributed by atoms with van der Waals surface area (Å²) >= 11 is 0. The fraction of sp³-hybridized carbons (Fsp3) is 0.611. The van der Waals surface area contributed by atoms with Gasteiger partial charge in [-0.25, -0.2) is 9.59 Å². The predicted molar refractivity (Wildman–Crippen MR) is 109 cm³/mol. The first kappa shape index (κ1) is 29.8. The van der Waals surface area contributed by atoms with Gasteiger partial charge in [-0.15, -0.1) is 0 Å². The van der Waals surface area contributed by atoms with E-state index >= 15 is 0 Å². The zero-order valence-electron chi connectivity index (χ0n) is 16.5. The number of hydrogen-bond acceptors (Lipinski definition) is 8. The Kier molecular flexibility index (Phi) is 14.1. The van der Waals surface area contributed by atoms with Crippen molar-refractivity contribution in [1.82, 2.24) is 0 Å². The van der Waals surface area contributed by atoms with Crippen LogP contribution < -0.4 is 0 Å². The molecule has 164 valence electrons. The van der Waals surface area contributed by atoms with Gasteiger partial charge in [-0.3, -0.25) is 9.35 Å². The summed E-state index contributed by atoms with van der Waals surface area (Å²) in [6.07, 6.45) is 1.35. The molecule has 0 radical (unpaired) electrons. The Bertz CT molecular complexity index is 683. The fourth-order valence-electron chi connectivity index (χ4n) is 1.97. The van der Waals surface area contributed by atoms with E-state index in [2.05, 4.69) is 13.2 Å². The molecule has 0 spiro atoms. The molecular weight excluding hydrogens is 417 g/mol. The van der Waals surface area contributed by atoms with Crippen molar-refractivity contribution >= 4 is 51.1 Å². The van der Waals surface area contributed by atoms with Crippen LogP contribution >= 0.6 is 0 Å². The van der Waals surface area contributed by atoms with Crippen LogP contribution in [-0.4, -0.2) is 79.5 Å². The summed E-state index contributed by atoms with van der Waals surface area (Å²) in [6, 6.07) is 0. The average molecular weight is 447 g/mol. The van der Waals surface area contributed by atoms with E-state index in [0.29, 0.717) is 12.8 Å². The molecule has 0 aliphatic carbocycles. The highest BCUT2D eigenvalue weighted by Crippen LogP contribution is 2.29. The molecule has 0 bridgehead atoms. The molecule has 0 heterocycles. The third-order valence-corrected chi connectivity index (χ3v) is 4.35. The Balaban J connectivity index is 0. The van der Waals surface area contributed by atoms with Crippen molar-refractivity contribution in [3.8, 4) is 0 Å². The molecule has 0 saturated carbocycles. The SMILES string of the molecule is C=C(C)C(=O)OCC(CCCC)(COC(=O)C(=C)C)C(=O)OCCS(=O)(=O)O.[MgH2]. The fourth-order valence-corrected chi connectivity index (χ4v) is 2.26. The lowest BCUT2D eigenvalue weighted by molar-refractivity contribution is -0.170. The molecule has 29 heavy (non-hydrogen) atoms. The van der Waals surface area contributed by atoms with Crippen LogP contribution in [0.2, 0.25) is 0 Å². The highest BCUT2D eigenvalue weighted by Gasteiger charge is 2.43. The van der Waals surface area contributed by atoms with Crippen LogP contribution in [0.25, 0.3) is 0 Å². The number of rotatable bonds is 13. The molecule has 0 unspecified atom stereocenters. The first-order chi connectivity index (χ1) is 12.8. The Labute approximate surface area is 187 Å². The summed E-state index contributed by atoms with van der Waals surface area (Å²) in [5, 5.41) is 0. The Morgan fingerprint density at radius 3 is 1.76 bits per heavy atom. The molecule has 1 N–H and O–H groups in total. The van der Waals surface area contributed by atoms with E-state index < -0.39 is 59.0 Å². The lowest BCUT2D eigenvalue weighted by Gasteiger charge is -2.30. The molecule has 0 aromatic rings. The van der Waals surface area contributed by atoms with Gasteiger partial charge in [0.05, 0.1) is 0 Å². The molecule has 0 amide bonds. The predicted octanol–water partition coefficient (Wildman–Crippen LogP) is 0.916. The number of unbranched alkanes of at least 4 members (excludes halogenated alkanes) is 1. The number of carbonyl (C=O) groups excluding carboxylic acids is 3. The van der Waals surface area contributed by atoms with Crippen LogP contribution in [0.1, 0.15) is 40.0 Å². The monoisotopic (exact) mass is 446 g/mol. The third-order valence-electron chi connectivity index (χ3n) is 3.67. The first-order valence-electron chi connectivity index (χ1n) is 8.62. The van der Waals surface area contributed by atoms with Gasteiger partial charge in [-0.2, -0.15) is 8.42 Å². The summed E-state index contributed by atoms with van der Waals surface area (Å²) < 4.78 is 45.6. The van der Waals surface area contributed by atoms with E-state index in [9.17, 15) is 22.8 Å². The molecule has 0 rings (SSSR count). The van der Waals surface area contributed by atoms with E-state index in [0.717, 1.165) is 0 Å². The van der Waals surface area contributed by atoms with Crippen molar-refractivity contribution in [2.24, 2.45) is 5.41 Å². The lowest BCUT2D eigenvalue weighted by Crippen LogP contribution is -2.43. The quantitative estimate of drug-likeness (QED) is 0.144. The number of carbonyl (C=O) groups is 3. The van der Waals surface area contributed by atoms with Crippen molar-refractivity contribution in [2.45, 2.75) is 40.0 Å². The second kappa shape index (κ2) is 13.7. The normalized spacial score (nSPS) is 11.0. The maximum absolute atomic E-state index is 12.7. The minimum Gasteiger partial charge on any atom is -0.464 e. The van der Waals surface area contributed by atoms with Gasteiger partial charge in [0.25, 0.3) is 10.1 Å². The second-order valence-electron chi connectivity index (χ2n) is 6.52. The first-order valence-corrected chi connectivity index (χ1v) is 10.2. The van der Waals surface area contributed by atoms with Crippen LogP contribution in [0.15, 0.2) is 24.3 Å². The molecule has 0 aliphatic rings. The zero-order valence-corrected chi connectivity index (χ0v) is 17.3. The largest absolute Gasteiger partial charge is 0.464 e. The maximum atomic E-state index is 12.7. The molecule has 0 saturated heterocycles. The van der Waals surface area contributed by atoms with Gasteiger partial charge in [0.15, 0.2) is 0 Å². The van der Waals surface area contributed by atoms with Crippen LogP contribution in [0, 0.1) is 5.41 Å². The lowest BCUT2D eigenvalue weighted by atomic mass is 9.84. The summed E-state index contributed by atoms with van der Waals surface area (Å²) in [4.78, 5) is 36.2. The van der Waals surface area contributed by atoms with Crippen molar-refractivity contribution in [3.05, 3.63) is 24.3 Å². The second-order valence-corrected chi connectivity index (χ2v) is 8.09. The highest BCUT2D eigenvalue weighted by atomic mass is 32.2. The van der Waals surface area contributed by atoms with Crippen molar-refractivity contribution < 1.29 is 41.6 Å². The van der Waals surface area contributed by atoms with Gasteiger partial charge in [0, 0.05) is 11.1 Å². The molecule has 11 heteroatoms. The molecular formula is C18H30MgO9S. The standard InChI is InChI=1S/C18H28O9S.Mg.2H/c1-6-7-8-18(11-26-15(19)13(2)3,12-27-16(20)14(4)5)17(21)25-9-10-28(22,23)24;;;/h2,4,6-12H2,1,3,5H3,(H,22,23,24);;;. The third kappa shape index (κ3) is 12.0. The van der Waals surface area contributed by atoms with Gasteiger partial charge in [0.2, 0.25) is 0 Å². The van der Waals surface area contributed by atoms with E-state index in [1.165, 1.54) is 13.8 Å². The zero-order chi connectivity index (χ0) is 22.0. The molecule has 0 aromatic heterocycles. The number of esters is 3. The van der Waals surface area contributed by atoms with Gasteiger partial charge >= 0.3 is 41.0 Å². The van der Waals surface area contributed by atoms with Crippen LogP contribution in [0.3, 0.4) is 0 Å². The molecule has 0 aliphatic heterocycles. The Morgan fingerprint density at radius 1 is 0.966 bits per heavy atom. The van der Waals surface area contributed by atoms with E-state index in [4.69, 9.17) is 18.8 Å². The molecule has 0 atom stereocenters. The summed E-state index contributed by atoms with van der Waals surface area (Å²) in [6.45, 7) is 10.1. The average Bonchev–Trinajstić information content (AvgIpc) is 2.59. The molecule has 0 aromatic carbocycles. The van der Waals surface area contributed by atoms with Gasteiger partial charge in [-0.05, 0) is 20.3 Å². The Morgan fingerprint density at radius 2 is 1.41 bits per heavy atom. The summed E-state index contributed by atoms with van der Waals surface area (Å²) in [5.74, 6) is -3.18. The van der Waals surface area contributed by atoms with Crippen LogP contribution in [0.5, 0.6) is 0 Å². The smallest absolute Gasteiger partial charge is 0.333 e. The highest BCUT2D eigenvalue weighted by molar-refractivity contribution is 7.85. The van der Waals surface area contributed by atoms with E-state index in [-0.39, 0.29) is 40.6 Å². The van der Waals surface area contributed by atoms with Gasteiger partial charge in [-0.1, -0.05) is 32.9 Å². The molecule has 0 fully saturated rings. The summed E-state index contributed by atoms with van der Waals surface area (Å²) in [5.41, 5.74) is -1.31. The van der Waals surface area contributed by atoms with Crippen LogP contribution in [-0.2, 0) is 38.7 Å². The van der Waals surface area contributed by atoms with Gasteiger partial charge < -0.3 is 14.2 Å². The number of hydrogen-bond donors (Lipinski definition) is 1. The topological polar surface area (TPSA) is 133 Å².